The van der Waals surface area contributed by atoms with Crippen molar-refractivity contribution in [2.45, 2.75) is 130 Å². The first-order chi connectivity index (χ1) is 14.3. The molecule has 0 saturated carbocycles. The van der Waals surface area contributed by atoms with Gasteiger partial charge in [-0.2, -0.15) is 0 Å². The van der Waals surface area contributed by atoms with Gasteiger partial charge in [0, 0.05) is 23.1 Å². The third-order valence-corrected chi connectivity index (χ3v) is 7.85. The lowest BCUT2D eigenvalue weighted by atomic mass is 9.63. The van der Waals surface area contributed by atoms with E-state index in [2.05, 4.69) is 92.5 Å². The molecule has 0 amide bonds. The second kappa shape index (κ2) is 9.96. The van der Waals surface area contributed by atoms with Crippen LogP contribution in [0.15, 0.2) is 34.9 Å². The summed E-state index contributed by atoms with van der Waals surface area (Å²) in [4.78, 5) is 2.61. The Labute approximate surface area is 194 Å². The highest BCUT2D eigenvalue weighted by molar-refractivity contribution is 5.57. The second-order valence-corrected chi connectivity index (χ2v) is 12.2. The van der Waals surface area contributed by atoms with Gasteiger partial charge < -0.3 is 4.74 Å². The lowest BCUT2D eigenvalue weighted by Gasteiger charge is -2.55. The molecule has 0 aliphatic heterocycles. The molecule has 0 bridgehead atoms. The van der Waals surface area contributed by atoms with Crippen molar-refractivity contribution >= 4 is 0 Å². The quantitative estimate of drug-likeness (QED) is 0.324. The Hall–Kier alpha value is -0.860. The maximum Gasteiger partial charge on any atom is 0.0598 e. The molecule has 2 rings (SSSR count). The summed E-state index contributed by atoms with van der Waals surface area (Å²) in [6.45, 7) is 21.7. The molecular formula is C29H51NO. The number of unbranched alkanes of at least 4 members (excludes halogenated alkanes) is 3. The monoisotopic (exact) mass is 429 g/mol. The third kappa shape index (κ3) is 5.93. The fourth-order valence-corrected chi connectivity index (χ4v) is 5.68. The summed E-state index contributed by atoms with van der Waals surface area (Å²) >= 11 is 0. The van der Waals surface area contributed by atoms with Crippen LogP contribution in [-0.2, 0) is 4.74 Å². The first-order valence-electron chi connectivity index (χ1n) is 12.8. The van der Waals surface area contributed by atoms with Gasteiger partial charge in [0.05, 0.1) is 5.60 Å². The number of hydrogen-bond acceptors (Lipinski definition) is 2. The normalized spacial score (nSPS) is 22.4. The minimum atomic E-state index is -0.0125. The number of hydrogen-bond donors (Lipinski definition) is 0. The number of rotatable bonds is 10. The van der Waals surface area contributed by atoms with Crippen LogP contribution in [0.2, 0.25) is 0 Å². The molecule has 0 aromatic rings. The summed E-state index contributed by atoms with van der Waals surface area (Å²) in [5.41, 5.74) is 5.20. The van der Waals surface area contributed by atoms with E-state index in [4.69, 9.17) is 4.74 Å². The van der Waals surface area contributed by atoms with E-state index in [0.29, 0.717) is 0 Å². The van der Waals surface area contributed by atoms with Gasteiger partial charge in [0.15, 0.2) is 0 Å². The molecule has 2 aliphatic rings. The molecule has 0 N–H and O–H groups in total. The van der Waals surface area contributed by atoms with Crippen molar-refractivity contribution in [2.24, 2.45) is 5.41 Å². The van der Waals surface area contributed by atoms with E-state index in [1.807, 2.05) is 0 Å². The van der Waals surface area contributed by atoms with E-state index in [0.717, 1.165) is 6.61 Å². The van der Waals surface area contributed by atoms with Gasteiger partial charge in [-0.15, -0.1) is 0 Å². The van der Waals surface area contributed by atoms with Gasteiger partial charge in [0.1, 0.15) is 0 Å². The Bertz CT molecular complexity index is 695. The molecule has 0 fully saturated rings. The number of nitrogens with zero attached hydrogens (tertiary/aromatic N) is 1. The van der Waals surface area contributed by atoms with Gasteiger partial charge in [0.25, 0.3) is 0 Å². The van der Waals surface area contributed by atoms with Crippen molar-refractivity contribution in [2.75, 3.05) is 13.7 Å². The van der Waals surface area contributed by atoms with Crippen LogP contribution in [0.1, 0.15) is 114 Å². The Morgan fingerprint density at radius 1 is 0.968 bits per heavy atom. The van der Waals surface area contributed by atoms with Crippen molar-refractivity contribution in [3.8, 4) is 0 Å². The van der Waals surface area contributed by atoms with Gasteiger partial charge in [-0.3, -0.25) is 4.90 Å². The molecule has 1 atom stereocenters. The van der Waals surface area contributed by atoms with E-state index >= 15 is 0 Å². The zero-order valence-electron chi connectivity index (χ0n) is 22.5. The summed E-state index contributed by atoms with van der Waals surface area (Å²) < 4.78 is 5.88. The fraction of sp³-hybridized carbons (Fsp3) is 0.793. The van der Waals surface area contributed by atoms with Crippen molar-refractivity contribution in [3.63, 3.8) is 0 Å². The Kier molecular flexibility index (Phi) is 8.48. The maximum absolute atomic E-state index is 5.88. The van der Waals surface area contributed by atoms with Crippen molar-refractivity contribution in [1.29, 1.82) is 0 Å². The average molecular weight is 430 g/mol. The van der Waals surface area contributed by atoms with E-state index in [1.54, 1.807) is 16.7 Å². The minimum Gasteiger partial charge on any atom is -0.376 e. The predicted molar refractivity (Wildman–Crippen MR) is 137 cm³/mol. The highest BCUT2D eigenvalue weighted by atomic mass is 16.5. The lowest BCUT2D eigenvalue weighted by Crippen LogP contribution is -2.60. The summed E-state index contributed by atoms with van der Waals surface area (Å²) in [6, 6.07) is 0. The largest absolute Gasteiger partial charge is 0.376 e. The van der Waals surface area contributed by atoms with Crippen molar-refractivity contribution in [3.05, 3.63) is 34.9 Å². The molecule has 0 heterocycles. The molecule has 31 heavy (non-hydrogen) atoms. The van der Waals surface area contributed by atoms with Crippen LogP contribution in [0, 0.1) is 5.41 Å². The zero-order chi connectivity index (χ0) is 23.5. The molecule has 0 aromatic carbocycles. The summed E-state index contributed by atoms with van der Waals surface area (Å²) in [6.07, 6.45) is 17.3. The zero-order valence-corrected chi connectivity index (χ0v) is 22.5. The van der Waals surface area contributed by atoms with Crippen molar-refractivity contribution in [1.82, 2.24) is 4.90 Å². The molecule has 178 valence electrons. The lowest BCUT2D eigenvalue weighted by molar-refractivity contribution is -0.00729. The predicted octanol–water partition coefficient (Wildman–Crippen LogP) is 8.24. The SMILES string of the molecule is CCC1(C(C)(C)N(C)C(C)(C)C)C=C(CCCCCCOC(C)(C)C)C2=C1CCC=C2. The van der Waals surface area contributed by atoms with Crippen LogP contribution in [0.5, 0.6) is 0 Å². The molecule has 2 heteroatoms. The van der Waals surface area contributed by atoms with Crippen LogP contribution < -0.4 is 0 Å². The van der Waals surface area contributed by atoms with E-state index < -0.39 is 0 Å². The smallest absolute Gasteiger partial charge is 0.0598 e. The molecule has 1 unspecified atom stereocenters. The second-order valence-electron chi connectivity index (χ2n) is 12.2. The highest BCUT2D eigenvalue weighted by Crippen LogP contribution is 2.56. The molecular weight excluding hydrogens is 378 g/mol. The molecule has 2 nitrogen and oxygen atoms in total. The topological polar surface area (TPSA) is 12.5 Å². The summed E-state index contributed by atoms with van der Waals surface area (Å²) in [5, 5.41) is 0. The fourth-order valence-electron chi connectivity index (χ4n) is 5.68. The number of ether oxygens (including phenoxy) is 1. The molecule has 0 aromatic heterocycles. The Morgan fingerprint density at radius 3 is 2.19 bits per heavy atom. The summed E-state index contributed by atoms with van der Waals surface area (Å²) in [5.74, 6) is 0. The molecule has 0 spiro atoms. The Balaban J connectivity index is 2.13. The van der Waals surface area contributed by atoms with Crippen LogP contribution in [0.4, 0.5) is 0 Å². The van der Waals surface area contributed by atoms with Gasteiger partial charge in [-0.05, 0) is 112 Å². The van der Waals surface area contributed by atoms with Gasteiger partial charge in [0.2, 0.25) is 0 Å². The maximum atomic E-state index is 5.88. The molecule has 0 saturated heterocycles. The molecule has 2 aliphatic carbocycles. The van der Waals surface area contributed by atoms with Crippen LogP contribution in [0.25, 0.3) is 0 Å². The minimum absolute atomic E-state index is 0.0125. The first kappa shape index (κ1) is 26.4. The van der Waals surface area contributed by atoms with Crippen LogP contribution in [-0.4, -0.2) is 35.2 Å². The van der Waals surface area contributed by atoms with Gasteiger partial charge in [-0.1, -0.05) is 43.6 Å². The highest BCUT2D eigenvalue weighted by Gasteiger charge is 2.52. The van der Waals surface area contributed by atoms with Crippen LogP contribution >= 0.6 is 0 Å². The third-order valence-electron chi connectivity index (χ3n) is 7.85. The Morgan fingerprint density at radius 2 is 1.61 bits per heavy atom. The van der Waals surface area contributed by atoms with Crippen molar-refractivity contribution < 1.29 is 4.74 Å². The van der Waals surface area contributed by atoms with Gasteiger partial charge >= 0.3 is 0 Å². The average Bonchev–Trinajstić information content (AvgIpc) is 3.00. The van der Waals surface area contributed by atoms with Gasteiger partial charge in [-0.25, -0.2) is 0 Å². The number of allylic oxidation sites excluding steroid dienone is 4. The van der Waals surface area contributed by atoms with Crippen LogP contribution in [0.3, 0.4) is 0 Å². The standard InChI is InChI=1S/C29H51NO/c1-11-29(28(8,9)30(10)26(2,3)4)22-23(24-19-15-16-20-25(24)29)18-14-12-13-17-21-31-27(5,6)7/h15,19,22H,11-14,16-18,20-21H2,1-10H3. The van der Waals surface area contributed by atoms with E-state index in [1.165, 1.54) is 51.4 Å². The summed E-state index contributed by atoms with van der Waals surface area (Å²) in [7, 11) is 2.32. The first-order valence-corrected chi connectivity index (χ1v) is 12.8. The van der Waals surface area contributed by atoms with E-state index in [-0.39, 0.29) is 22.1 Å². The van der Waals surface area contributed by atoms with E-state index in [9.17, 15) is 0 Å². The molecule has 0 radical (unpaired) electrons.